The molecule has 10 heteroatoms. The quantitative estimate of drug-likeness (QED) is 0.426. The lowest BCUT2D eigenvalue weighted by Gasteiger charge is -2.36. The normalized spacial score (nSPS) is 36.2. The molecule has 3 N–H and O–H groups in total. The number of rotatable bonds is 8. The minimum atomic E-state index is -4.56. The van der Waals surface area contributed by atoms with E-state index in [-0.39, 0.29) is 12.8 Å². The molecule has 1 fully saturated rings. The van der Waals surface area contributed by atoms with Gasteiger partial charge < -0.3 is 24.6 Å². The van der Waals surface area contributed by atoms with Gasteiger partial charge in [-0.3, -0.25) is 9.09 Å². The number of alkyl halides is 1. The van der Waals surface area contributed by atoms with Gasteiger partial charge in [-0.05, 0) is 6.42 Å². The van der Waals surface area contributed by atoms with Crippen LogP contribution in [0.15, 0.2) is 0 Å². The maximum atomic E-state index is 15.2. The zero-order valence-electron chi connectivity index (χ0n) is 14.2. The van der Waals surface area contributed by atoms with E-state index in [1.807, 2.05) is 0 Å². The fraction of sp³-hybridized carbons (Fsp3) is 1.00. The van der Waals surface area contributed by atoms with Gasteiger partial charge in [0.2, 0.25) is 5.85 Å². The van der Waals surface area contributed by atoms with Crippen molar-refractivity contribution < 1.29 is 38.1 Å². The molecule has 4 unspecified atom stereocenters. The number of methoxy groups -OCH3 is 1. The Balaban J connectivity index is 2.97. The lowest BCUT2D eigenvalue weighted by Crippen LogP contribution is -2.46. The summed E-state index contributed by atoms with van der Waals surface area (Å²) < 4.78 is 42.7. The highest BCUT2D eigenvalue weighted by atomic mass is 31.2. The summed E-state index contributed by atoms with van der Waals surface area (Å²) in [5.74, 6) is -5.25. The lowest BCUT2D eigenvalue weighted by atomic mass is 9.87. The van der Waals surface area contributed by atoms with Crippen molar-refractivity contribution in [1.29, 1.82) is 0 Å². The second-order valence-corrected chi connectivity index (χ2v) is 7.88. The van der Waals surface area contributed by atoms with Crippen molar-refractivity contribution in [2.24, 2.45) is 5.92 Å². The van der Waals surface area contributed by atoms with E-state index in [0.29, 0.717) is 0 Å². The third-order valence-electron chi connectivity index (χ3n) is 4.46. The highest BCUT2D eigenvalue weighted by Crippen LogP contribution is 2.54. The van der Waals surface area contributed by atoms with Crippen molar-refractivity contribution in [2.45, 2.75) is 69.6 Å². The van der Waals surface area contributed by atoms with Crippen molar-refractivity contribution >= 4 is 15.4 Å². The maximum Gasteiger partial charge on any atom is 0.359 e. The molecular formula is C13H27BFO7P. The van der Waals surface area contributed by atoms with E-state index >= 15 is 4.39 Å². The Hall–Kier alpha value is -0.0151. The Bertz CT molecular complexity index is 443. The number of hydrogen-bond acceptors (Lipinski definition) is 6. The highest BCUT2D eigenvalue weighted by Gasteiger charge is 2.53. The van der Waals surface area contributed by atoms with Crippen molar-refractivity contribution in [2.75, 3.05) is 7.11 Å². The Morgan fingerprint density at radius 3 is 2.43 bits per heavy atom. The molecule has 0 aromatic carbocycles. The highest BCUT2D eigenvalue weighted by molar-refractivity contribution is 7.53. The van der Waals surface area contributed by atoms with Gasteiger partial charge >= 0.3 is 7.60 Å². The number of hydrogen-bond donors (Lipinski definition) is 3. The van der Waals surface area contributed by atoms with Crippen LogP contribution in [-0.4, -0.2) is 66.1 Å². The minimum Gasteiger partial charge on any atom is -0.388 e. The standard InChI is InChI=1S/C13H27BFO7P/c1-5-8(16)23(18,19)22-13(15,6-2)7(3)10-9(17)11(20-4)12(14)21-10/h7-12,16-17H,5-6,14H2,1-4H3,(H,18,19)/t7?,8?,9-,10-,11-,12-,13?/m1/s1. The van der Waals surface area contributed by atoms with Gasteiger partial charge in [-0.15, -0.1) is 0 Å². The van der Waals surface area contributed by atoms with Crippen LogP contribution in [0.1, 0.15) is 33.6 Å². The molecule has 0 amide bonds. The zero-order chi connectivity index (χ0) is 18.0. The van der Waals surface area contributed by atoms with E-state index < -0.39 is 49.5 Å². The molecule has 7 nitrogen and oxygen atoms in total. The largest absolute Gasteiger partial charge is 0.388 e. The molecule has 0 aromatic heterocycles. The van der Waals surface area contributed by atoms with Crippen LogP contribution in [0.3, 0.4) is 0 Å². The lowest BCUT2D eigenvalue weighted by molar-refractivity contribution is -0.163. The molecule has 23 heavy (non-hydrogen) atoms. The van der Waals surface area contributed by atoms with Gasteiger partial charge in [-0.1, -0.05) is 20.8 Å². The van der Waals surface area contributed by atoms with Crippen LogP contribution < -0.4 is 0 Å². The summed E-state index contributed by atoms with van der Waals surface area (Å²) in [5, 5.41) is 19.8. The fourth-order valence-electron chi connectivity index (χ4n) is 2.84. The number of ether oxygens (including phenoxy) is 2. The van der Waals surface area contributed by atoms with Gasteiger partial charge in [0.05, 0.1) is 12.1 Å². The van der Waals surface area contributed by atoms with E-state index in [1.54, 1.807) is 7.85 Å². The summed E-state index contributed by atoms with van der Waals surface area (Å²) in [6, 6.07) is -0.453. The van der Waals surface area contributed by atoms with Crippen LogP contribution in [0, 0.1) is 5.92 Å². The van der Waals surface area contributed by atoms with E-state index in [0.717, 1.165) is 0 Å². The van der Waals surface area contributed by atoms with E-state index in [4.69, 9.17) is 14.0 Å². The molecule has 0 spiro atoms. The number of aliphatic hydroxyl groups excluding tert-OH is 2. The molecule has 8 atom stereocenters. The molecule has 1 aliphatic rings. The van der Waals surface area contributed by atoms with Gasteiger partial charge in [0, 0.05) is 19.4 Å². The summed E-state index contributed by atoms with van der Waals surface area (Å²) in [7, 11) is -1.46. The minimum absolute atomic E-state index is 0.0483. The smallest absolute Gasteiger partial charge is 0.359 e. The predicted molar refractivity (Wildman–Crippen MR) is 84.5 cm³/mol. The van der Waals surface area contributed by atoms with Gasteiger partial charge in [0.1, 0.15) is 20.1 Å². The third-order valence-corrected chi connectivity index (χ3v) is 6.14. The van der Waals surface area contributed by atoms with Gasteiger partial charge in [0.25, 0.3) is 0 Å². The molecule has 0 bridgehead atoms. The first-order valence-corrected chi connectivity index (χ1v) is 9.45. The van der Waals surface area contributed by atoms with Crippen molar-refractivity contribution in [3.05, 3.63) is 0 Å². The topological polar surface area (TPSA) is 105 Å². The Morgan fingerprint density at radius 1 is 1.48 bits per heavy atom. The molecule has 0 aromatic rings. The summed E-state index contributed by atoms with van der Waals surface area (Å²) in [6.45, 7) is 4.37. The molecule has 1 saturated heterocycles. The van der Waals surface area contributed by atoms with Crippen LogP contribution in [0.5, 0.6) is 0 Å². The van der Waals surface area contributed by atoms with Crippen LogP contribution in [-0.2, 0) is 18.6 Å². The molecule has 1 rings (SSSR count). The second kappa shape index (κ2) is 7.91. The van der Waals surface area contributed by atoms with Crippen molar-refractivity contribution in [1.82, 2.24) is 0 Å². The first-order valence-electron chi connectivity index (χ1n) is 7.80. The number of aliphatic hydroxyl groups is 2. The number of halogens is 1. The Labute approximate surface area is 137 Å². The average Bonchev–Trinajstić information content (AvgIpc) is 2.78. The first kappa shape index (κ1) is 21.0. The summed E-state index contributed by atoms with van der Waals surface area (Å²) in [4.78, 5) is 9.77. The molecule has 136 valence electrons. The zero-order valence-corrected chi connectivity index (χ0v) is 15.1. The molecule has 0 saturated carbocycles. The Kier molecular flexibility index (Phi) is 7.23. The van der Waals surface area contributed by atoms with Crippen LogP contribution in [0.25, 0.3) is 0 Å². The van der Waals surface area contributed by atoms with Crippen LogP contribution in [0.4, 0.5) is 4.39 Å². The first-order chi connectivity index (χ1) is 10.5. The molecule has 1 heterocycles. The van der Waals surface area contributed by atoms with Gasteiger partial charge in [-0.25, -0.2) is 4.39 Å². The summed E-state index contributed by atoms with van der Waals surface area (Å²) in [6.07, 6.45) is -2.96. The molecule has 1 aliphatic heterocycles. The van der Waals surface area contributed by atoms with Crippen LogP contribution >= 0.6 is 7.60 Å². The second-order valence-electron chi connectivity index (χ2n) is 5.97. The maximum absolute atomic E-state index is 15.2. The summed E-state index contributed by atoms with van der Waals surface area (Å²) >= 11 is 0. The molecule has 0 radical (unpaired) electrons. The molecule has 0 aliphatic carbocycles. The SMILES string of the molecule is B[C@@H]1O[C@H](C(C)C(F)(CC)OP(=O)(O)C(O)CC)[C@@H](O)[C@H]1OC. The van der Waals surface area contributed by atoms with Crippen LogP contribution in [0.2, 0.25) is 0 Å². The average molecular weight is 356 g/mol. The Morgan fingerprint density at radius 2 is 2.04 bits per heavy atom. The van der Waals surface area contributed by atoms with Crippen molar-refractivity contribution in [3.8, 4) is 0 Å². The van der Waals surface area contributed by atoms with E-state index in [1.165, 1.54) is 27.9 Å². The monoisotopic (exact) mass is 356 g/mol. The van der Waals surface area contributed by atoms with Gasteiger partial charge in [-0.2, -0.15) is 0 Å². The van der Waals surface area contributed by atoms with E-state index in [9.17, 15) is 19.7 Å². The fourth-order valence-corrected chi connectivity index (χ4v) is 4.15. The third kappa shape index (κ3) is 4.34. The predicted octanol–water partition coefficient (Wildman–Crippen LogP) is 0.363. The summed E-state index contributed by atoms with van der Waals surface area (Å²) in [5.41, 5.74) is 0. The van der Waals surface area contributed by atoms with Crippen molar-refractivity contribution in [3.63, 3.8) is 0 Å². The van der Waals surface area contributed by atoms with E-state index in [2.05, 4.69) is 0 Å². The van der Waals surface area contributed by atoms with Gasteiger partial charge in [0.15, 0.2) is 5.85 Å². The molecular weight excluding hydrogens is 329 g/mol.